The minimum Gasteiger partial charge on any atom is -0.462 e. The maximum Gasteiger partial charge on any atom is 0.338 e. The van der Waals surface area contributed by atoms with Crippen molar-refractivity contribution in [2.75, 3.05) is 13.2 Å². The first-order valence-corrected chi connectivity index (χ1v) is 8.59. The zero-order chi connectivity index (χ0) is 18.9. The molecule has 134 valence electrons. The first kappa shape index (κ1) is 19.2. The number of ether oxygens (including phenoxy) is 2. The summed E-state index contributed by atoms with van der Waals surface area (Å²) in [6.45, 7) is 4.43. The quantitative estimate of drug-likeness (QED) is 0.693. The highest BCUT2D eigenvalue weighted by Gasteiger charge is 2.16. The summed E-state index contributed by atoms with van der Waals surface area (Å²) < 4.78 is 10.4. The van der Waals surface area contributed by atoms with Gasteiger partial charge in [-0.25, -0.2) is 9.59 Å². The van der Waals surface area contributed by atoms with Crippen molar-refractivity contribution in [3.8, 4) is 17.2 Å². The maximum atomic E-state index is 12.3. The van der Waals surface area contributed by atoms with Crippen LogP contribution >= 0.6 is 0 Å². The lowest BCUT2D eigenvalue weighted by atomic mass is 9.98. The van der Waals surface area contributed by atoms with Crippen LogP contribution in [0.15, 0.2) is 42.5 Å². The van der Waals surface area contributed by atoms with Crippen LogP contribution in [0.5, 0.6) is 0 Å². The van der Waals surface area contributed by atoms with E-state index in [1.165, 1.54) is 6.07 Å². The standard InChI is InChI=1S/C21H21NO4/c1-3-8-25-20(23)18-11-17(16-7-5-6-15(10-16)14-22)12-19(13-18)21(24)26-9-4-2/h5-7,10-13H,3-4,8-9H2,1-2H3. The van der Waals surface area contributed by atoms with Crippen LogP contribution in [-0.4, -0.2) is 25.2 Å². The van der Waals surface area contributed by atoms with Crippen LogP contribution in [0, 0.1) is 11.3 Å². The number of rotatable bonds is 7. The van der Waals surface area contributed by atoms with E-state index in [1.54, 1.807) is 30.3 Å². The molecule has 0 spiro atoms. The molecule has 0 radical (unpaired) electrons. The van der Waals surface area contributed by atoms with Crippen molar-refractivity contribution < 1.29 is 19.1 Å². The Bertz CT molecular complexity index is 798. The predicted molar refractivity (Wildman–Crippen MR) is 97.7 cm³/mol. The van der Waals surface area contributed by atoms with Crippen molar-refractivity contribution in [1.29, 1.82) is 5.26 Å². The molecule has 0 aliphatic rings. The summed E-state index contributed by atoms with van der Waals surface area (Å²) in [5.74, 6) is -0.982. The van der Waals surface area contributed by atoms with Gasteiger partial charge >= 0.3 is 11.9 Å². The van der Waals surface area contributed by atoms with Crippen molar-refractivity contribution in [1.82, 2.24) is 0 Å². The molecule has 0 bridgehead atoms. The lowest BCUT2D eigenvalue weighted by Crippen LogP contribution is -2.10. The zero-order valence-corrected chi connectivity index (χ0v) is 15.0. The first-order valence-electron chi connectivity index (χ1n) is 8.59. The number of hydrogen-bond donors (Lipinski definition) is 0. The number of nitrogens with zero attached hydrogens (tertiary/aromatic N) is 1. The lowest BCUT2D eigenvalue weighted by molar-refractivity contribution is 0.0503. The molecule has 2 aromatic carbocycles. The third kappa shape index (κ3) is 4.93. The molecular weight excluding hydrogens is 330 g/mol. The second-order valence-electron chi connectivity index (χ2n) is 5.76. The van der Waals surface area contributed by atoms with E-state index in [-0.39, 0.29) is 11.1 Å². The fraction of sp³-hybridized carbons (Fsp3) is 0.286. The molecular formula is C21H21NO4. The summed E-state index contributed by atoms with van der Waals surface area (Å²) in [5.41, 5.74) is 2.44. The fourth-order valence-electron chi connectivity index (χ4n) is 2.35. The number of carbonyl (C=O) groups is 2. The predicted octanol–water partition coefficient (Wildman–Crippen LogP) is 4.36. The van der Waals surface area contributed by atoms with Crippen molar-refractivity contribution in [2.24, 2.45) is 0 Å². The van der Waals surface area contributed by atoms with Gasteiger partial charge < -0.3 is 9.47 Å². The minimum atomic E-state index is -0.491. The summed E-state index contributed by atoms with van der Waals surface area (Å²) in [6, 6.07) is 13.9. The summed E-state index contributed by atoms with van der Waals surface area (Å²) in [7, 11) is 0. The van der Waals surface area contributed by atoms with Gasteiger partial charge in [-0.3, -0.25) is 0 Å². The van der Waals surface area contributed by atoms with Crippen LogP contribution in [0.1, 0.15) is 53.0 Å². The minimum absolute atomic E-state index is 0.279. The Balaban J connectivity index is 2.47. The number of esters is 2. The molecule has 0 aromatic heterocycles. The van der Waals surface area contributed by atoms with Gasteiger partial charge in [-0.15, -0.1) is 0 Å². The first-order chi connectivity index (χ1) is 12.6. The molecule has 0 saturated heterocycles. The van der Waals surface area contributed by atoms with E-state index in [4.69, 9.17) is 14.7 Å². The van der Waals surface area contributed by atoms with Gasteiger partial charge in [-0.2, -0.15) is 5.26 Å². The zero-order valence-electron chi connectivity index (χ0n) is 15.0. The number of hydrogen-bond acceptors (Lipinski definition) is 5. The topological polar surface area (TPSA) is 76.4 Å². The molecule has 0 saturated carbocycles. The van der Waals surface area contributed by atoms with E-state index in [2.05, 4.69) is 6.07 Å². The van der Waals surface area contributed by atoms with Gasteiger partial charge in [0.2, 0.25) is 0 Å². The highest BCUT2D eigenvalue weighted by atomic mass is 16.5. The molecule has 0 fully saturated rings. The molecule has 0 aliphatic carbocycles. The number of benzene rings is 2. The lowest BCUT2D eigenvalue weighted by Gasteiger charge is -2.10. The molecule has 0 unspecified atom stereocenters. The summed E-state index contributed by atoms with van der Waals surface area (Å²) in [5, 5.41) is 9.09. The van der Waals surface area contributed by atoms with Crippen LogP contribution < -0.4 is 0 Å². The third-order valence-corrected chi connectivity index (χ3v) is 3.60. The highest BCUT2D eigenvalue weighted by Crippen LogP contribution is 2.24. The monoisotopic (exact) mass is 351 g/mol. The van der Waals surface area contributed by atoms with Crippen molar-refractivity contribution >= 4 is 11.9 Å². The fourth-order valence-corrected chi connectivity index (χ4v) is 2.35. The van der Waals surface area contributed by atoms with E-state index >= 15 is 0 Å². The Morgan fingerprint density at radius 1 is 0.885 bits per heavy atom. The second kappa shape index (κ2) is 9.38. The van der Waals surface area contributed by atoms with Crippen LogP contribution in [0.3, 0.4) is 0 Å². The van der Waals surface area contributed by atoms with E-state index < -0.39 is 11.9 Å². The molecule has 0 heterocycles. The smallest absolute Gasteiger partial charge is 0.338 e. The van der Waals surface area contributed by atoms with Crippen LogP contribution in [0.25, 0.3) is 11.1 Å². The van der Waals surface area contributed by atoms with Crippen molar-refractivity contribution in [2.45, 2.75) is 26.7 Å². The van der Waals surface area contributed by atoms with Gasteiger partial charge in [0.25, 0.3) is 0 Å². The van der Waals surface area contributed by atoms with Crippen LogP contribution in [-0.2, 0) is 9.47 Å². The Labute approximate surface area is 153 Å². The molecule has 26 heavy (non-hydrogen) atoms. The SMILES string of the molecule is CCCOC(=O)c1cc(C(=O)OCCC)cc(-c2cccc(C#N)c2)c1. The summed E-state index contributed by atoms with van der Waals surface area (Å²) >= 11 is 0. The van der Waals surface area contributed by atoms with E-state index in [1.807, 2.05) is 19.9 Å². The van der Waals surface area contributed by atoms with E-state index in [0.29, 0.717) is 37.2 Å². The van der Waals surface area contributed by atoms with E-state index in [9.17, 15) is 9.59 Å². The Morgan fingerprint density at radius 2 is 1.46 bits per heavy atom. The molecule has 0 aliphatic heterocycles. The summed E-state index contributed by atoms with van der Waals surface area (Å²) in [4.78, 5) is 24.5. The van der Waals surface area contributed by atoms with Crippen LogP contribution in [0.4, 0.5) is 0 Å². The van der Waals surface area contributed by atoms with Gasteiger partial charge in [0.05, 0.1) is 36.0 Å². The Kier molecular flexibility index (Phi) is 6.92. The molecule has 5 heteroatoms. The number of nitriles is 1. The average Bonchev–Trinajstić information content (AvgIpc) is 2.69. The molecule has 0 N–H and O–H groups in total. The van der Waals surface area contributed by atoms with Gasteiger partial charge in [0.1, 0.15) is 0 Å². The van der Waals surface area contributed by atoms with Gasteiger partial charge in [0, 0.05) is 0 Å². The molecule has 5 nitrogen and oxygen atoms in total. The van der Waals surface area contributed by atoms with Crippen molar-refractivity contribution in [3.05, 3.63) is 59.2 Å². The second-order valence-corrected chi connectivity index (χ2v) is 5.76. The van der Waals surface area contributed by atoms with Crippen molar-refractivity contribution in [3.63, 3.8) is 0 Å². The molecule has 0 amide bonds. The largest absolute Gasteiger partial charge is 0.462 e. The maximum absolute atomic E-state index is 12.3. The molecule has 2 rings (SSSR count). The average molecular weight is 351 g/mol. The third-order valence-electron chi connectivity index (χ3n) is 3.60. The van der Waals surface area contributed by atoms with Gasteiger partial charge in [0.15, 0.2) is 0 Å². The Morgan fingerprint density at radius 3 is 1.96 bits per heavy atom. The summed E-state index contributed by atoms with van der Waals surface area (Å²) in [6.07, 6.45) is 1.42. The van der Waals surface area contributed by atoms with E-state index in [0.717, 1.165) is 5.56 Å². The Hall–Kier alpha value is -3.13. The molecule has 0 atom stereocenters. The highest BCUT2D eigenvalue weighted by molar-refractivity contribution is 5.97. The van der Waals surface area contributed by atoms with Crippen LogP contribution in [0.2, 0.25) is 0 Å². The molecule has 2 aromatic rings. The van der Waals surface area contributed by atoms with Gasteiger partial charge in [-0.1, -0.05) is 26.0 Å². The normalized spacial score (nSPS) is 10.0. The number of carbonyl (C=O) groups excluding carboxylic acids is 2. The van der Waals surface area contributed by atoms with Gasteiger partial charge in [-0.05, 0) is 54.3 Å².